The minimum atomic E-state index is -1.19. The number of carbonyl (C=O) groups excluding carboxylic acids is 1. The highest BCUT2D eigenvalue weighted by Gasteiger charge is 2.19. The van der Waals surface area contributed by atoms with Crippen LogP contribution in [-0.4, -0.2) is 28.3 Å². The van der Waals surface area contributed by atoms with Gasteiger partial charge in [0, 0.05) is 22.2 Å². The Morgan fingerprint density at radius 3 is 2.42 bits per heavy atom. The van der Waals surface area contributed by atoms with Crippen molar-refractivity contribution in [3.63, 3.8) is 0 Å². The average Bonchev–Trinajstić information content (AvgIpc) is 2.60. The van der Waals surface area contributed by atoms with Crippen molar-refractivity contribution in [1.29, 1.82) is 0 Å². The van der Waals surface area contributed by atoms with Gasteiger partial charge in [-0.25, -0.2) is 4.98 Å². The van der Waals surface area contributed by atoms with Gasteiger partial charge in [0.25, 0.3) is 0 Å². The molecule has 0 aliphatic rings. The molecule has 4 nitrogen and oxygen atoms in total. The summed E-state index contributed by atoms with van der Waals surface area (Å²) >= 11 is 5.89. The molecule has 0 amide bonds. The third-order valence-corrected chi connectivity index (χ3v) is 4.72. The van der Waals surface area contributed by atoms with Gasteiger partial charge in [0.2, 0.25) is 0 Å². The van der Waals surface area contributed by atoms with E-state index in [4.69, 9.17) is 16.3 Å². The molecule has 0 radical (unpaired) electrons. The van der Waals surface area contributed by atoms with Crippen LogP contribution in [0.15, 0.2) is 53.6 Å². The van der Waals surface area contributed by atoms with Crippen LogP contribution >= 0.6 is 11.6 Å². The van der Waals surface area contributed by atoms with Gasteiger partial charge in [-0.15, -0.1) is 0 Å². The molecule has 0 aliphatic carbocycles. The molecule has 0 saturated carbocycles. The molecule has 122 valence electrons. The number of methoxy groups -OCH3 is 1. The molecule has 3 rings (SSSR count). The molecule has 0 saturated heterocycles. The van der Waals surface area contributed by atoms with Gasteiger partial charge in [-0.3, -0.25) is 9.00 Å². The van der Waals surface area contributed by atoms with E-state index in [1.165, 1.54) is 7.11 Å². The first kappa shape index (κ1) is 16.6. The number of hydrogen-bond acceptors (Lipinski definition) is 4. The molecule has 1 aromatic heterocycles. The van der Waals surface area contributed by atoms with Crippen molar-refractivity contribution in [3.8, 4) is 5.75 Å². The van der Waals surface area contributed by atoms with Crippen LogP contribution in [0.25, 0.3) is 10.9 Å². The Hall–Kier alpha value is -2.24. The van der Waals surface area contributed by atoms with E-state index < -0.39 is 10.8 Å². The average molecular weight is 360 g/mol. The summed E-state index contributed by atoms with van der Waals surface area (Å²) in [6.07, 6.45) is 1.57. The van der Waals surface area contributed by atoms with Crippen molar-refractivity contribution in [1.82, 2.24) is 4.98 Å². The van der Waals surface area contributed by atoms with Crippen LogP contribution in [0.1, 0.15) is 15.9 Å². The highest BCUT2D eigenvalue weighted by atomic mass is 35.5. The molecule has 0 N–H and O–H groups in total. The van der Waals surface area contributed by atoms with Crippen molar-refractivity contribution in [2.45, 2.75) is 5.03 Å². The van der Waals surface area contributed by atoms with Crippen LogP contribution < -0.4 is 4.74 Å². The molecule has 3 aromatic rings. The Kier molecular flexibility index (Phi) is 4.64. The molecular formula is C18H14ClNO3S. The molecular weight excluding hydrogens is 346 g/mol. The number of rotatable bonds is 4. The Morgan fingerprint density at radius 1 is 1.08 bits per heavy atom. The van der Waals surface area contributed by atoms with E-state index >= 15 is 0 Å². The maximum Gasteiger partial charge on any atom is 0.197 e. The lowest BCUT2D eigenvalue weighted by atomic mass is 9.98. The topological polar surface area (TPSA) is 56.3 Å². The van der Waals surface area contributed by atoms with E-state index in [1.54, 1.807) is 54.8 Å². The van der Waals surface area contributed by atoms with Crippen LogP contribution in [0.3, 0.4) is 0 Å². The molecule has 2 aromatic carbocycles. The predicted octanol–water partition coefficient (Wildman–Crippen LogP) is 3.87. The fourth-order valence-electron chi connectivity index (χ4n) is 2.48. The number of benzene rings is 2. The summed E-state index contributed by atoms with van der Waals surface area (Å²) in [7, 11) is 0.327. The van der Waals surface area contributed by atoms with E-state index in [-0.39, 0.29) is 5.78 Å². The summed E-state index contributed by atoms with van der Waals surface area (Å²) in [4.78, 5) is 17.3. The highest BCUT2D eigenvalue weighted by molar-refractivity contribution is 7.84. The maximum absolute atomic E-state index is 13.0. The van der Waals surface area contributed by atoms with E-state index in [9.17, 15) is 9.00 Å². The fourth-order valence-corrected chi connectivity index (χ4v) is 3.09. The van der Waals surface area contributed by atoms with Crippen molar-refractivity contribution in [3.05, 3.63) is 64.7 Å². The second-order valence-corrected chi connectivity index (χ2v) is 6.91. The molecule has 1 heterocycles. The van der Waals surface area contributed by atoms with Crippen molar-refractivity contribution < 1.29 is 13.7 Å². The Bertz CT molecular complexity index is 954. The van der Waals surface area contributed by atoms with Crippen molar-refractivity contribution >= 4 is 39.1 Å². The Labute approximate surface area is 146 Å². The maximum atomic E-state index is 13.0. The van der Waals surface area contributed by atoms with Gasteiger partial charge in [0.1, 0.15) is 10.8 Å². The first-order chi connectivity index (χ1) is 11.5. The zero-order chi connectivity index (χ0) is 17.3. The minimum Gasteiger partial charge on any atom is -0.496 e. The zero-order valence-electron chi connectivity index (χ0n) is 13.1. The number of aromatic nitrogens is 1. The van der Waals surface area contributed by atoms with Crippen LogP contribution in [0.2, 0.25) is 5.02 Å². The lowest BCUT2D eigenvalue weighted by Gasteiger charge is -2.11. The van der Waals surface area contributed by atoms with Crippen LogP contribution in [0.5, 0.6) is 5.75 Å². The van der Waals surface area contributed by atoms with Gasteiger partial charge < -0.3 is 4.74 Å². The number of pyridine rings is 1. The molecule has 0 fully saturated rings. The Balaban J connectivity index is 2.22. The number of nitrogens with zero attached hydrogens (tertiary/aromatic N) is 1. The van der Waals surface area contributed by atoms with Gasteiger partial charge in [-0.1, -0.05) is 11.6 Å². The first-order valence-corrected chi connectivity index (χ1v) is 9.06. The third-order valence-electron chi connectivity index (χ3n) is 3.66. The third kappa shape index (κ3) is 3.05. The summed E-state index contributed by atoms with van der Waals surface area (Å²) in [6.45, 7) is 0. The van der Waals surface area contributed by atoms with E-state index in [2.05, 4.69) is 4.98 Å². The second kappa shape index (κ2) is 6.71. The summed E-state index contributed by atoms with van der Waals surface area (Å²) < 4.78 is 17.0. The van der Waals surface area contributed by atoms with Gasteiger partial charge in [0.05, 0.1) is 29.0 Å². The van der Waals surface area contributed by atoms with Crippen molar-refractivity contribution in [2.75, 3.05) is 13.4 Å². The van der Waals surface area contributed by atoms with E-state index in [0.29, 0.717) is 37.8 Å². The van der Waals surface area contributed by atoms with Gasteiger partial charge in [-0.05, 0) is 48.5 Å². The predicted molar refractivity (Wildman–Crippen MR) is 95.5 cm³/mol. The lowest BCUT2D eigenvalue weighted by Crippen LogP contribution is -2.06. The summed E-state index contributed by atoms with van der Waals surface area (Å²) in [6, 6.07) is 13.6. The molecule has 0 spiro atoms. The molecule has 6 heteroatoms. The van der Waals surface area contributed by atoms with E-state index in [1.807, 2.05) is 0 Å². The number of ether oxygens (including phenoxy) is 1. The largest absolute Gasteiger partial charge is 0.496 e. The first-order valence-electron chi connectivity index (χ1n) is 7.12. The summed E-state index contributed by atoms with van der Waals surface area (Å²) in [5.74, 6) is 0.288. The molecule has 24 heavy (non-hydrogen) atoms. The number of carbonyl (C=O) groups is 1. The number of halogens is 1. The monoisotopic (exact) mass is 359 g/mol. The van der Waals surface area contributed by atoms with Crippen LogP contribution in [0.4, 0.5) is 0 Å². The van der Waals surface area contributed by atoms with E-state index in [0.717, 1.165) is 0 Å². The zero-order valence-corrected chi connectivity index (χ0v) is 14.6. The quantitative estimate of drug-likeness (QED) is 0.663. The Morgan fingerprint density at radius 2 is 1.79 bits per heavy atom. The minimum absolute atomic E-state index is 0.179. The van der Waals surface area contributed by atoms with Crippen molar-refractivity contribution in [2.24, 2.45) is 0 Å². The smallest absolute Gasteiger partial charge is 0.197 e. The van der Waals surface area contributed by atoms with Gasteiger partial charge in [0.15, 0.2) is 5.78 Å². The number of fused-ring (bicyclic) bond motifs is 1. The van der Waals surface area contributed by atoms with Crippen LogP contribution in [-0.2, 0) is 10.8 Å². The SMILES string of the molecule is COc1ccc2nc(S(C)=O)ccc2c1C(=O)c1ccc(Cl)cc1. The number of ketones is 1. The molecule has 0 bridgehead atoms. The summed E-state index contributed by atoms with van der Waals surface area (Å²) in [5.41, 5.74) is 1.53. The summed E-state index contributed by atoms with van der Waals surface area (Å²) in [5, 5.41) is 1.69. The highest BCUT2D eigenvalue weighted by Crippen LogP contribution is 2.30. The normalized spacial score (nSPS) is 12.1. The molecule has 1 atom stereocenters. The number of hydrogen-bond donors (Lipinski definition) is 0. The second-order valence-electron chi connectivity index (χ2n) is 5.15. The van der Waals surface area contributed by atoms with Crippen LogP contribution in [0, 0.1) is 0 Å². The van der Waals surface area contributed by atoms with Gasteiger partial charge >= 0.3 is 0 Å². The fraction of sp³-hybridized carbons (Fsp3) is 0.111. The molecule has 1 unspecified atom stereocenters. The molecule has 0 aliphatic heterocycles. The standard InChI is InChI=1S/C18H14ClNO3S/c1-23-15-9-8-14-13(7-10-16(20-14)24(2)22)17(15)18(21)11-3-5-12(19)6-4-11/h3-10H,1-2H3. The van der Waals surface area contributed by atoms with Gasteiger partial charge in [-0.2, -0.15) is 0 Å². The lowest BCUT2D eigenvalue weighted by molar-refractivity contribution is 0.103.